The highest BCUT2D eigenvalue weighted by molar-refractivity contribution is 5.87. The van der Waals surface area contributed by atoms with Gasteiger partial charge in [-0.2, -0.15) is 13.2 Å². The van der Waals surface area contributed by atoms with Crippen molar-refractivity contribution in [3.63, 3.8) is 0 Å². The first-order valence-electron chi connectivity index (χ1n) is 4.85. The van der Waals surface area contributed by atoms with Crippen molar-refractivity contribution < 1.29 is 18.0 Å². The van der Waals surface area contributed by atoms with E-state index in [-0.39, 0.29) is 5.52 Å². The van der Waals surface area contributed by atoms with Crippen molar-refractivity contribution >= 4 is 17.2 Å². The minimum Gasteiger partial charge on any atom is -0.298 e. The van der Waals surface area contributed by atoms with Crippen molar-refractivity contribution in [2.24, 2.45) is 0 Å². The molecule has 1 aromatic carbocycles. The van der Waals surface area contributed by atoms with Gasteiger partial charge in [-0.15, -0.1) is 0 Å². The van der Waals surface area contributed by atoms with Crippen LogP contribution in [-0.4, -0.2) is 11.3 Å². The van der Waals surface area contributed by atoms with Crippen LogP contribution in [0.5, 0.6) is 0 Å². The normalized spacial score (nSPS) is 11.8. The van der Waals surface area contributed by atoms with E-state index in [1.54, 1.807) is 6.92 Å². The summed E-state index contributed by atoms with van der Waals surface area (Å²) < 4.78 is 37.4. The number of hydrogen-bond acceptors (Lipinski definition) is 2. The first-order chi connectivity index (χ1) is 7.91. The van der Waals surface area contributed by atoms with Gasteiger partial charge in [-0.05, 0) is 25.1 Å². The van der Waals surface area contributed by atoms with Crippen LogP contribution < -0.4 is 0 Å². The van der Waals surface area contributed by atoms with E-state index in [0.29, 0.717) is 22.9 Å². The quantitative estimate of drug-likeness (QED) is 0.714. The Morgan fingerprint density at radius 1 is 1.24 bits per heavy atom. The molecule has 0 N–H and O–H groups in total. The van der Waals surface area contributed by atoms with E-state index in [2.05, 4.69) is 4.98 Å². The molecule has 0 aliphatic heterocycles. The number of aromatic nitrogens is 1. The number of carbonyl (C=O) groups is 1. The second kappa shape index (κ2) is 3.84. The smallest absolute Gasteiger partial charge is 0.298 e. The number of halogens is 3. The Morgan fingerprint density at radius 3 is 2.53 bits per heavy atom. The lowest BCUT2D eigenvalue weighted by molar-refractivity contribution is -0.137. The molecular formula is C12H8F3NO. The van der Waals surface area contributed by atoms with Crippen molar-refractivity contribution in [2.45, 2.75) is 13.1 Å². The van der Waals surface area contributed by atoms with Crippen LogP contribution in [0.1, 0.15) is 21.6 Å². The molecule has 0 radical (unpaired) electrons. The fourth-order valence-corrected chi connectivity index (χ4v) is 1.58. The predicted octanol–water partition coefficient (Wildman–Crippen LogP) is 3.37. The van der Waals surface area contributed by atoms with Gasteiger partial charge in [0.2, 0.25) is 0 Å². The zero-order valence-electron chi connectivity index (χ0n) is 8.88. The minimum atomic E-state index is -4.38. The highest BCUT2D eigenvalue weighted by Gasteiger charge is 2.30. The van der Waals surface area contributed by atoms with Crippen LogP contribution in [0.25, 0.3) is 10.9 Å². The fraction of sp³-hybridized carbons (Fsp3) is 0.167. The molecule has 2 rings (SSSR count). The third kappa shape index (κ3) is 2.13. The van der Waals surface area contributed by atoms with Crippen LogP contribution in [-0.2, 0) is 6.18 Å². The van der Waals surface area contributed by atoms with Gasteiger partial charge in [-0.3, -0.25) is 9.78 Å². The Morgan fingerprint density at radius 2 is 1.94 bits per heavy atom. The van der Waals surface area contributed by atoms with Crippen LogP contribution >= 0.6 is 0 Å². The number of carbonyl (C=O) groups excluding carboxylic acids is 1. The SMILES string of the molecule is Cc1nc2cc(C(F)(F)F)ccc2cc1C=O. The minimum absolute atomic E-state index is 0.239. The fourth-order valence-electron chi connectivity index (χ4n) is 1.58. The average Bonchev–Trinajstić information content (AvgIpc) is 2.26. The first kappa shape index (κ1) is 11.6. The molecule has 1 heterocycles. The lowest BCUT2D eigenvalue weighted by atomic mass is 10.1. The lowest BCUT2D eigenvalue weighted by Gasteiger charge is -2.08. The van der Waals surface area contributed by atoms with E-state index in [4.69, 9.17) is 0 Å². The van der Waals surface area contributed by atoms with Gasteiger partial charge in [0.15, 0.2) is 6.29 Å². The molecule has 1 aromatic heterocycles. The Hall–Kier alpha value is -1.91. The third-order valence-corrected chi connectivity index (χ3v) is 2.50. The number of aryl methyl sites for hydroxylation is 1. The highest BCUT2D eigenvalue weighted by Crippen LogP contribution is 2.31. The van der Waals surface area contributed by atoms with Crippen LogP contribution in [0.4, 0.5) is 13.2 Å². The Balaban J connectivity index is 2.67. The van der Waals surface area contributed by atoms with Gasteiger partial charge in [-0.25, -0.2) is 0 Å². The molecule has 0 spiro atoms. The summed E-state index contributed by atoms with van der Waals surface area (Å²) in [5.74, 6) is 0. The van der Waals surface area contributed by atoms with Crippen molar-refractivity contribution in [3.8, 4) is 0 Å². The molecule has 2 nitrogen and oxygen atoms in total. The second-order valence-corrected chi connectivity index (χ2v) is 3.69. The van der Waals surface area contributed by atoms with Gasteiger partial charge < -0.3 is 0 Å². The number of hydrogen-bond donors (Lipinski definition) is 0. The summed E-state index contributed by atoms with van der Waals surface area (Å²) in [5, 5.41) is 0.519. The summed E-state index contributed by atoms with van der Waals surface area (Å²) in [4.78, 5) is 14.7. The van der Waals surface area contributed by atoms with Crippen molar-refractivity contribution in [3.05, 3.63) is 41.1 Å². The van der Waals surface area contributed by atoms with E-state index in [9.17, 15) is 18.0 Å². The maximum Gasteiger partial charge on any atom is 0.416 e. The van der Waals surface area contributed by atoms with Crippen LogP contribution in [0, 0.1) is 6.92 Å². The maximum atomic E-state index is 12.5. The predicted molar refractivity (Wildman–Crippen MR) is 56.9 cm³/mol. The molecule has 0 fully saturated rings. The van der Waals surface area contributed by atoms with E-state index in [1.165, 1.54) is 12.1 Å². The summed E-state index contributed by atoms with van der Waals surface area (Å²) in [6.45, 7) is 1.59. The molecule has 0 saturated carbocycles. The monoisotopic (exact) mass is 239 g/mol. The van der Waals surface area contributed by atoms with E-state index in [0.717, 1.165) is 12.1 Å². The van der Waals surface area contributed by atoms with Gasteiger partial charge in [0.05, 0.1) is 11.1 Å². The molecule has 17 heavy (non-hydrogen) atoms. The third-order valence-electron chi connectivity index (χ3n) is 2.50. The molecule has 0 saturated heterocycles. The average molecular weight is 239 g/mol. The zero-order valence-corrected chi connectivity index (χ0v) is 8.88. The number of benzene rings is 1. The van der Waals surface area contributed by atoms with Crippen LogP contribution in [0.15, 0.2) is 24.3 Å². The number of rotatable bonds is 1. The summed E-state index contributed by atoms with van der Waals surface area (Å²) in [6, 6.07) is 4.81. The van der Waals surface area contributed by atoms with Gasteiger partial charge in [0.25, 0.3) is 0 Å². The van der Waals surface area contributed by atoms with Gasteiger partial charge >= 0.3 is 6.18 Å². The molecular weight excluding hydrogens is 231 g/mol. The molecule has 0 aliphatic rings. The number of pyridine rings is 1. The van der Waals surface area contributed by atoms with Crippen molar-refractivity contribution in [1.82, 2.24) is 4.98 Å². The van der Waals surface area contributed by atoms with E-state index >= 15 is 0 Å². The Kier molecular flexibility index (Phi) is 2.61. The topological polar surface area (TPSA) is 30.0 Å². The molecule has 0 bridgehead atoms. The van der Waals surface area contributed by atoms with E-state index in [1.807, 2.05) is 0 Å². The standard InChI is InChI=1S/C12H8F3NO/c1-7-9(6-17)4-8-2-3-10(12(13,14)15)5-11(8)16-7/h2-6H,1H3. The van der Waals surface area contributed by atoms with Crippen LogP contribution in [0.2, 0.25) is 0 Å². The first-order valence-corrected chi connectivity index (χ1v) is 4.85. The number of alkyl halides is 3. The maximum absolute atomic E-state index is 12.5. The molecule has 88 valence electrons. The summed E-state index contributed by atoms with van der Waals surface area (Å²) in [5.41, 5.74) is 0.308. The van der Waals surface area contributed by atoms with Gasteiger partial charge in [0, 0.05) is 16.6 Å². The molecule has 2 aromatic rings. The molecule has 0 atom stereocenters. The number of fused-ring (bicyclic) bond motifs is 1. The number of nitrogens with zero attached hydrogens (tertiary/aromatic N) is 1. The zero-order chi connectivity index (χ0) is 12.6. The summed E-state index contributed by atoms with van der Waals surface area (Å²) >= 11 is 0. The van der Waals surface area contributed by atoms with Crippen molar-refractivity contribution in [2.75, 3.05) is 0 Å². The molecule has 0 unspecified atom stereocenters. The van der Waals surface area contributed by atoms with Crippen molar-refractivity contribution in [1.29, 1.82) is 0 Å². The second-order valence-electron chi connectivity index (χ2n) is 3.69. The summed E-state index contributed by atoms with van der Waals surface area (Å²) in [6.07, 6.45) is -3.74. The molecule has 0 amide bonds. The lowest BCUT2D eigenvalue weighted by Crippen LogP contribution is -2.04. The molecule has 0 aliphatic carbocycles. The van der Waals surface area contributed by atoms with Gasteiger partial charge in [-0.1, -0.05) is 6.07 Å². The molecule has 5 heteroatoms. The van der Waals surface area contributed by atoms with E-state index < -0.39 is 11.7 Å². The highest BCUT2D eigenvalue weighted by atomic mass is 19.4. The number of aldehydes is 1. The van der Waals surface area contributed by atoms with Gasteiger partial charge in [0.1, 0.15) is 0 Å². The summed E-state index contributed by atoms with van der Waals surface area (Å²) in [7, 11) is 0. The Bertz CT molecular complexity index is 590. The Labute approximate surface area is 95.1 Å². The largest absolute Gasteiger partial charge is 0.416 e. The van der Waals surface area contributed by atoms with Crippen LogP contribution in [0.3, 0.4) is 0 Å².